The Morgan fingerprint density at radius 1 is 1.41 bits per heavy atom. The van der Waals surface area contributed by atoms with E-state index in [1.807, 2.05) is 0 Å². The van der Waals surface area contributed by atoms with Crippen LogP contribution in [0.4, 0.5) is 19.0 Å². The molecule has 1 fully saturated rings. The molecule has 0 bridgehead atoms. The van der Waals surface area contributed by atoms with Gasteiger partial charge in [0.2, 0.25) is 0 Å². The minimum atomic E-state index is -4.24. The molecular weight excluding hydrogens is 233 g/mol. The van der Waals surface area contributed by atoms with Gasteiger partial charge in [-0.25, -0.2) is 4.98 Å². The largest absolute Gasteiger partial charge is 0.405 e. The van der Waals surface area contributed by atoms with Crippen molar-refractivity contribution < 1.29 is 18.3 Å². The lowest BCUT2D eigenvalue weighted by atomic mass is 10.2. The summed E-state index contributed by atoms with van der Waals surface area (Å²) in [6.45, 7) is -1.18. The van der Waals surface area contributed by atoms with E-state index < -0.39 is 12.7 Å². The number of aromatic nitrogens is 1. The fourth-order valence-electron chi connectivity index (χ4n) is 1.69. The highest BCUT2D eigenvalue weighted by Gasteiger charge is 2.38. The summed E-state index contributed by atoms with van der Waals surface area (Å²) in [6, 6.07) is 3.02. The number of pyridine rings is 1. The molecule has 1 aliphatic carbocycles. The van der Waals surface area contributed by atoms with E-state index in [0.717, 1.165) is 12.8 Å². The van der Waals surface area contributed by atoms with Gasteiger partial charge in [0.05, 0.1) is 6.61 Å². The quantitative estimate of drug-likeness (QED) is 0.883. The average Bonchev–Trinajstić information content (AvgIpc) is 3.09. The summed E-state index contributed by atoms with van der Waals surface area (Å²) in [5, 5.41) is 8.96. The summed E-state index contributed by atoms with van der Waals surface area (Å²) in [4.78, 5) is 5.21. The molecule has 0 radical (unpaired) electrons. The van der Waals surface area contributed by atoms with Gasteiger partial charge < -0.3 is 10.0 Å². The molecule has 0 aromatic carbocycles. The highest BCUT2D eigenvalue weighted by molar-refractivity contribution is 5.43. The van der Waals surface area contributed by atoms with E-state index in [9.17, 15) is 13.2 Å². The predicted octanol–water partition coefficient (Wildman–Crippen LogP) is 2.10. The molecule has 0 atom stereocenters. The molecule has 0 spiro atoms. The lowest BCUT2D eigenvalue weighted by molar-refractivity contribution is -0.120. The van der Waals surface area contributed by atoms with Crippen LogP contribution in [0.25, 0.3) is 0 Å². The third-order valence-electron chi connectivity index (χ3n) is 2.62. The lowest BCUT2D eigenvalue weighted by Crippen LogP contribution is -2.36. The smallest absolute Gasteiger partial charge is 0.392 e. The number of rotatable bonds is 4. The van der Waals surface area contributed by atoms with Gasteiger partial charge in [-0.2, -0.15) is 13.2 Å². The molecule has 2 rings (SSSR count). The topological polar surface area (TPSA) is 36.4 Å². The van der Waals surface area contributed by atoms with E-state index in [2.05, 4.69) is 4.98 Å². The molecule has 0 unspecified atom stereocenters. The van der Waals surface area contributed by atoms with Crippen LogP contribution in [-0.4, -0.2) is 28.9 Å². The van der Waals surface area contributed by atoms with Crippen molar-refractivity contribution in [2.24, 2.45) is 0 Å². The van der Waals surface area contributed by atoms with Crippen molar-refractivity contribution in [1.82, 2.24) is 4.98 Å². The van der Waals surface area contributed by atoms with E-state index in [1.165, 1.54) is 17.2 Å². The molecule has 6 heteroatoms. The zero-order valence-electron chi connectivity index (χ0n) is 9.11. The Morgan fingerprint density at radius 2 is 2.12 bits per heavy atom. The molecule has 3 nitrogen and oxygen atoms in total. The minimum Gasteiger partial charge on any atom is -0.392 e. The molecule has 1 aromatic heterocycles. The van der Waals surface area contributed by atoms with Crippen LogP contribution in [0.5, 0.6) is 0 Å². The van der Waals surface area contributed by atoms with Crippen molar-refractivity contribution in [1.29, 1.82) is 0 Å². The number of aliphatic hydroxyl groups excluding tert-OH is 1. The maximum atomic E-state index is 12.4. The van der Waals surface area contributed by atoms with Crippen molar-refractivity contribution in [3.05, 3.63) is 23.9 Å². The number of hydrogen-bond donors (Lipinski definition) is 1. The Hall–Kier alpha value is -1.30. The third-order valence-corrected chi connectivity index (χ3v) is 2.62. The Bertz CT molecular complexity index is 391. The number of aliphatic hydroxyl groups is 1. The minimum absolute atomic E-state index is 0.0712. The summed E-state index contributed by atoms with van der Waals surface area (Å²) < 4.78 is 37.3. The van der Waals surface area contributed by atoms with Gasteiger partial charge in [-0.1, -0.05) is 0 Å². The molecule has 1 saturated carbocycles. The van der Waals surface area contributed by atoms with Gasteiger partial charge in [0.25, 0.3) is 0 Å². The van der Waals surface area contributed by atoms with E-state index in [4.69, 9.17) is 5.11 Å². The summed E-state index contributed by atoms with van der Waals surface area (Å²) in [5.41, 5.74) is 0.572. The first kappa shape index (κ1) is 12.2. The zero-order valence-corrected chi connectivity index (χ0v) is 9.11. The fraction of sp³-hybridized carbons (Fsp3) is 0.545. The Morgan fingerprint density at radius 3 is 2.65 bits per heavy atom. The second-order valence-corrected chi connectivity index (χ2v) is 4.15. The lowest BCUT2D eigenvalue weighted by Gasteiger charge is -2.24. The standard InChI is InChI=1S/C11H13F3N2O/c12-11(13,14)7-16(9-1-2-9)10-5-8(6-17)3-4-15-10/h3-5,9,17H,1-2,6-7H2. The van der Waals surface area contributed by atoms with Gasteiger partial charge in [0, 0.05) is 12.2 Å². The third kappa shape index (κ3) is 3.33. The SMILES string of the molecule is OCc1ccnc(N(CC(F)(F)F)C2CC2)c1. The summed E-state index contributed by atoms with van der Waals surface area (Å²) >= 11 is 0. The van der Waals surface area contributed by atoms with Gasteiger partial charge in [-0.15, -0.1) is 0 Å². The Kier molecular flexibility index (Phi) is 3.24. The second kappa shape index (κ2) is 4.52. The van der Waals surface area contributed by atoms with E-state index in [-0.39, 0.29) is 18.5 Å². The molecule has 0 aliphatic heterocycles. The monoisotopic (exact) mass is 246 g/mol. The molecule has 94 valence electrons. The van der Waals surface area contributed by atoms with Crippen LogP contribution in [0.3, 0.4) is 0 Å². The van der Waals surface area contributed by atoms with Crippen LogP contribution in [0.1, 0.15) is 18.4 Å². The van der Waals surface area contributed by atoms with Crippen molar-refractivity contribution >= 4 is 5.82 Å². The number of alkyl halides is 3. The molecule has 1 aromatic rings. The first-order valence-electron chi connectivity index (χ1n) is 5.39. The zero-order chi connectivity index (χ0) is 12.5. The molecule has 17 heavy (non-hydrogen) atoms. The Balaban J connectivity index is 2.19. The number of anilines is 1. The fourth-order valence-corrected chi connectivity index (χ4v) is 1.69. The van der Waals surface area contributed by atoms with Crippen LogP contribution >= 0.6 is 0 Å². The highest BCUT2D eigenvalue weighted by atomic mass is 19.4. The maximum Gasteiger partial charge on any atom is 0.405 e. The summed E-state index contributed by atoms with van der Waals surface area (Å²) in [6.07, 6.45) is -1.28. The summed E-state index contributed by atoms with van der Waals surface area (Å²) in [7, 11) is 0. The first-order chi connectivity index (χ1) is 7.99. The van der Waals surface area contributed by atoms with E-state index >= 15 is 0 Å². The number of hydrogen-bond acceptors (Lipinski definition) is 3. The first-order valence-corrected chi connectivity index (χ1v) is 5.39. The molecule has 1 heterocycles. The van der Waals surface area contributed by atoms with Crippen molar-refractivity contribution in [2.75, 3.05) is 11.4 Å². The predicted molar refractivity (Wildman–Crippen MR) is 56.6 cm³/mol. The molecular formula is C11H13F3N2O. The highest BCUT2D eigenvalue weighted by Crippen LogP contribution is 2.33. The van der Waals surface area contributed by atoms with Gasteiger partial charge in [0.1, 0.15) is 12.4 Å². The molecule has 1 aliphatic rings. The molecule has 1 N–H and O–H groups in total. The van der Waals surface area contributed by atoms with E-state index in [0.29, 0.717) is 5.56 Å². The maximum absolute atomic E-state index is 12.4. The van der Waals surface area contributed by atoms with Crippen molar-refractivity contribution in [3.8, 4) is 0 Å². The average molecular weight is 246 g/mol. The number of halogens is 3. The molecule has 0 saturated heterocycles. The second-order valence-electron chi connectivity index (χ2n) is 4.15. The van der Waals surface area contributed by atoms with Crippen LogP contribution < -0.4 is 4.90 Å². The molecule has 0 amide bonds. The van der Waals surface area contributed by atoms with E-state index in [1.54, 1.807) is 6.07 Å². The van der Waals surface area contributed by atoms with Gasteiger partial charge in [-0.05, 0) is 30.5 Å². The van der Waals surface area contributed by atoms with Crippen LogP contribution in [-0.2, 0) is 6.61 Å². The van der Waals surface area contributed by atoms with Gasteiger partial charge >= 0.3 is 6.18 Å². The van der Waals surface area contributed by atoms with Crippen LogP contribution in [0.15, 0.2) is 18.3 Å². The normalized spacial score (nSPS) is 16.0. The van der Waals surface area contributed by atoms with Gasteiger partial charge in [-0.3, -0.25) is 0 Å². The van der Waals surface area contributed by atoms with Crippen LogP contribution in [0, 0.1) is 0 Å². The van der Waals surface area contributed by atoms with Crippen molar-refractivity contribution in [3.63, 3.8) is 0 Å². The number of nitrogens with zero attached hydrogens (tertiary/aromatic N) is 2. The summed E-state index contributed by atoms with van der Waals surface area (Å²) in [5.74, 6) is 0.288. The van der Waals surface area contributed by atoms with Gasteiger partial charge in [0.15, 0.2) is 0 Å². The Labute approximate surface area is 96.9 Å². The van der Waals surface area contributed by atoms with Crippen molar-refractivity contribution in [2.45, 2.75) is 31.7 Å². The van der Waals surface area contributed by atoms with Crippen LogP contribution in [0.2, 0.25) is 0 Å².